The Balaban J connectivity index is 2.03. The molecule has 1 aromatic carbocycles. The van der Waals surface area contributed by atoms with Crippen LogP contribution in [0.1, 0.15) is 50.4 Å². The fourth-order valence-corrected chi connectivity index (χ4v) is 2.83. The van der Waals surface area contributed by atoms with Crippen LogP contribution in [-0.2, 0) is 4.79 Å². The van der Waals surface area contributed by atoms with Gasteiger partial charge in [-0.3, -0.25) is 9.59 Å². The first-order chi connectivity index (χ1) is 11.3. The van der Waals surface area contributed by atoms with Gasteiger partial charge < -0.3 is 16.0 Å². The molecule has 6 heteroatoms. The topological polar surface area (TPSA) is 70.2 Å². The van der Waals surface area contributed by atoms with Crippen molar-refractivity contribution in [3.8, 4) is 0 Å². The zero-order valence-electron chi connectivity index (χ0n) is 14.5. The first-order valence-electron chi connectivity index (χ1n) is 8.46. The molecule has 5 nitrogen and oxygen atoms in total. The molecule has 0 bridgehead atoms. The number of hydrogen-bond donors (Lipinski definition) is 3. The monoisotopic (exact) mass is 351 g/mol. The second kappa shape index (κ2) is 7.99. The third-order valence-corrected chi connectivity index (χ3v) is 4.84. The molecule has 0 unspecified atom stereocenters. The van der Waals surface area contributed by atoms with Crippen LogP contribution in [0.4, 0.5) is 5.69 Å². The largest absolute Gasteiger partial charge is 0.347 e. The lowest BCUT2D eigenvalue weighted by Gasteiger charge is -2.25. The Bertz CT molecular complexity index is 610. The number of benzene rings is 1. The van der Waals surface area contributed by atoms with E-state index in [1.807, 2.05) is 20.8 Å². The van der Waals surface area contributed by atoms with Crippen molar-refractivity contribution in [3.63, 3.8) is 0 Å². The van der Waals surface area contributed by atoms with Crippen molar-refractivity contribution < 1.29 is 9.59 Å². The quantitative estimate of drug-likeness (QED) is 0.763. The highest BCUT2D eigenvalue weighted by atomic mass is 35.5. The fourth-order valence-electron chi connectivity index (χ4n) is 2.57. The number of halogens is 1. The molecule has 1 saturated heterocycles. The summed E-state index contributed by atoms with van der Waals surface area (Å²) in [5.74, 6) is -0.168. The Morgan fingerprint density at radius 2 is 1.96 bits per heavy atom. The molecule has 0 atom stereocenters. The maximum Gasteiger partial charge on any atom is 0.253 e. The summed E-state index contributed by atoms with van der Waals surface area (Å²) in [5, 5.41) is 9.43. The normalized spacial score (nSPS) is 15.8. The molecule has 1 aliphatic heterocycles. The van der Waals surface area contributed by atoms with Crippen molar-refractivity contribution >= 4 is 29.1 Å². The highest BCUT2D eigenvalue weighted by Crippen LogP contribution is 2.23. The molecule has 0 spiro atoms. The van der Waals surface area contributed by atoms with Crippen molar-refractivity contribution in [3.05, 3.63) is 28.8 Å². The first-order valence-corrected chi connectivity index (χ1v) is 8.84. The number of piperidine rings is 1. The number of nitrogens with one attached hydrogen (secondary N) is 3. The summed E-state index contributed by atoms with van der Waals surface area (Å²) in [7, 11) is 0. The van der Waals surface area contributed by atoms with Gasteiger partial charge in [0.1, 0.15) is 0 Å². The zero-order valence-corrected chi connectivity index (χ0v) is 15.3. The maximum absolute atomic E-state index is 12.3. The minimum absolute atomic E-state index is 0.0110. The second-order valence-corrected chi connectivity index (χ2v) is 7.31. The summed E-state index contributed by atoms with van der Waals surface area (Å²) >= 11 is 6.24. The number of rotatable bonds is 5. The lowest BCUT2D eigenvalue weighted by atomic mass is 9.97. The average molecular weight is 352 g/mol. The molecule has 0 radical (unpaired) electrons. The van der Waals surface area contributed by atoms with E-state index in [2.05, 4.69) is 16.0 Å². The summed E-state index contributed by atoms with van der Waals surface area (Å²) in [4.78, 5) is 24.6. The predicted octanol–water partition coefficient (Wildman–Crippen LogP) is 3.20. The second-order valence-electron chi connectivity index (χ2n) is 6.90. The van der Waals surface area contributed by atoms with Gasteiger partial charge in [-0.25, -0.2) is 0 Å². The van der Waals surface area contributed by atoms with Gasteiger partial charge in [0.2, 0.25) is 5.91 Å². The predicted molar refractivity (Wildman–Crippen MR) is 97.5 cm³/mol. The van der Waals surface area contributed by atoms with Gasteiger partial charge in [0, 0.05) is 17.1 Å². The number of anilines is 1. The number of carbonyl (C=O) groups is 2. The number of amides is 2. The molecule has 1 aromatic rings. The maximum atomic E-state index is 12.3. The Morgan fingerprint density at radius 3 is 2.54 bits per heavy atom. The summed E-state index contributed by atoms with van der Waals surface area (Å²) in [6.07, 6.45) is 2.50. The van der Waals surface area contributed by atoms with Gasteiger partial charge in [-0.15, -0.1) is 0 Å². The van der Waals surface area contributed by atoms with Gasteiger partial charge in [-0.05, 0) is 64.4 Å². The van der Waals surface area contributed by atoms with Crippen molar-refractivity contribution in [2.24, 2.45) is 5.92 Å². The van der Waals surface area contributed by atoms with E-state index in [0.717, 1.165) is 32.4 Å². The van der Waals surface area contributed by atoms with Gasteiger partial charge in [0.25, 0.3) is 5.91 Å². The van der Waals surface area contributed by atoms with Crippen LogP contribution < -0.4 is 16.0 Å². The van der Waals surface area contributed by atoms with E-state index >= 15 is 0 Å². The molecule has 0 aliphatic carbocycles. The summed E-state index contributed by atoms with van der Waals surface area (Å²) in [5.41, 5.74) is 0.746. The Labute approximate surface area is 148 Å². The molecule has 2 amide bonds. The highest BCUT2D eigenvalue weighted by molar-refractivity contribution is 6.34. The van der Waals surface area contributed by atoms with Crippen molar-refractivity contribution in [2.45, 2.75) is 45.6 Å². The molecule has 0 aromatic heterocycles. The number of carbonyl (C=O) groups excluding carboxylic acids is 2. The van der Waals surface area contributed by atoms with E-state index < -0.39 is 0 Å². The van der Waals surface area contributed by atoms with E-state index in [4.69, 9.17) is 11.6 Å². The summed E-state index contributed by atoms with van der Waals surface area (Å²) in [6.45, 7) is 7.68. The van der Waals surface area contributed by atoms with E-state index in [9.17, 15) is 9.59 Å². The van der Waals surface area contributed by atoms with Crippen LogP contribution in [0, 0.1) is 5.92 Å². The smallest absolute Gasteiger partial charge is 0.253 e. The standard InChI is InChI=1S/C18H26ClN3O2/c1-4-18(2,3)22-17(24)14-6-5-13(11-15(14)19)21-16(23)12-7-9-20-10-8-12/h5-6,11-12,20H,4,7-10H2,1-3H3,(H,21,23)(H,22,24). The first kappa shape index (κ1) is 18.7. The minimum atomic E-state index is -0.289. The molecule has 1 fully saturated rings. The van der Waals surface area contributed by atoms with Gasteiger partial charge in [0.05, 0.1) is 10.6 Å². The SMILES string of the molecule is CCC(C)(C)NC(=O)c1ccc(NC(=O)C2CCNCC2)cc1Cl. The minimum Gasteiger partial charge on any atom is -0.347 e. The van der Waals surface area contributed by atoms with E-state index in [1.165, 1.54) is 0 Å². The van der Waals surface area contributed by atoms with E-state index in [1.54, 1.807) is 18.2 Å². The fraction of sp³-hybridized carbons (Fsp3) is 0.556. The molecule has 132 valence electrons. The summed E-state index contributed by atoms with van der Waals surface area (Å²) < 4.78 is 0. The Morgan fingerprint density at radius 1 is 1.29 bits per heavy atom. The lowest BCUT2D eigenvalue weighted by molar-refractivity contribution is -0.120. The zero-order chi connectivity index (χ0) is 17.7. The van der Waals surface area contributed by atoms with Crippen molar-refractivity contribution in [1.29, 1.82) is 0 Å². The van der Waals surface area contributed by atoms with Crippen LogP contribution in [0.15, 0.2) is 18.2 Å². The van der Waals surface area contributed by atoms with Crippen LogP contribution >= 0.6 is 11.6 Å². The van der Waals surface area contributed by atoms with Crippen molar-refractivity contribution in [2.75, 3.05) is 18.4 Å². The molecule has 3 N–H and O–H groups in total. The molecular weight excluding hydrogens is 326 g/mol. The van der Waals surface area contributed by atoms with Crippen LogP contribution in [0.25, 0.3) is 0 Å². The van der Waals surface area contributed by atoms with Gasteiger partial charge in [0.15, 0.2) is 0 Å². The average Bonchev–Trinajstić information content (AvgIpc) is 2.55. The molecule has 1 aliphatic rings. The Hall–Kier alpha value is -1.59. The lowest BCUT2D eigenvalue weighted by Crippen LogP contribution is -2.42. The Kier molecular flexibility index (Phi) is 6.24. The molecular formula is C18H26ClN3O2. The van der Waals surface area contributed by atoms with Crippen LogP contribution in [-0.4, -0.2) is 30.4 Å². The van der Waals surface area contributed by atoms with Crippen LogP contribution in [0.3, 0.4) is 0 Å². The number of hydrogen-bond acceptors (Lipinski definition) is 3. The third kappa shape index (κ3) is 4.95. The highest BCUT2D eigenvalue weighted by Gasteiger charge is 2.22. The van der Waals surface area contributed by atoms with E-state index in [-0.39, 0.29) is 23.3 Å². The van der Waals surface area contributed by atoms with Gasteiger partial charge in [-0.1, -0.05) is 18.5 Å². The van der Waals surface area contributed by atoms with E-state index in [0.29, 0.717) is 16.3 Å². The molecule has 1 heterocycles. The third-order valence-electron chi connectivity index (χ3n) is 4.53. The van der Waals surface area contributed by atoms with Gasteiger partial charge >= 0.3 is 0 Å². The molecule has 2 rings (SSSR count). The molecule has 0 saturated carbocycles. The van der Waals surface area contributed by atoms with Crippen molar-refractivity contribution in [1.82, 2.24) is 10.6 Å². The van der Waals surface area contributed by atoms with Crippen LogP contribution in [0.5, 0.6) is 0 Å². The summed E-state index contributed by atoms with van der Waals surface area (Å²) in [6, 6.07) is 5.01. The van der Waals surface area contributed by atoms with Crippen LogP contribution in [0.2, 0.25) is 5.02 Å². The molecule has 24 heavy (non-hydrogen) atoms. The van der Waals surface area contributed by atoms with Gasteiger partial charge in [-0.2, -0.15) is 0 Å².